The number of carbonyl (C=O) groups excluding carboxylic acids is 2. The first-order chi connectivity index (χ1) is 8.58. The van der Waals surface area contributed by atoms with Crippen molar-refractivity contribution in [3.05, 3.63) is 22.4 Å². The highest BCUT2D eigenvalue weighted by Crippen LogP contribution is 2.17. The minimum absolute atomic E-state index is 0.0207. The predicted molar refractivity (Wildman–Crippen MR) is 71.4 cm³/mol. The van der Waals surface area contributed by atoms with Crippen LogP contribution >= 0.6 is 11.3 Å². The van der Waals surface area contributed by atoms with Crippen LogP contribution in [0.3, 0.4) is 0 Å². The molecule has 2 rings (SSSR count). The Morgan fingerprint density at radius 1 is 1.67 bits per heavy atom. The average Bonchev–Trinajstić information content (AvgIpc) is 2.98. The van der Waals surface area contributed by atoms with Gasteiger partial charge in [0.05, 0.1) is 5.92 Å². The highest BCUT2D eigenvalue weighted by molar-refractivity contribution is 7.09. The number of hydrogen-bond donors (Lipinski definition) is 1. The van der Waals surface area contributed by atoms with Crippen molar-refractivity contribution in [1.82, 2.24) is 10.2 Å². The summed E-state index contributed by atoms with van der Waals surface area (Å²) in [5.74, 6) is -0.140. The molecule has 1 saturated heterocycles. The summed E-state index contributed by atoms with van der Waals surface area (Å²) in [4.78, 5) is 26.4. The van der Waals surface area contributed by atoms with Crippen molar-refractivity contribution in [1.29, 1.82) is 0 Å². The Morgan fingerprint density at radius 2 is 2.44 bits per heavy atom. The lowest BCUT2D eigenvalue weighted by Gasteiger charge is -2.26. The smallest absolute Gasteiger partial charge is 0.227 e. The number of rotatable bonds is 4. The van der Waals surface area contributed by atoms with E-state index in [1.807, 2.05) is 25.4 Å². The summed E-state index contributed by atoms with van der Waals surface area (Å²) < 4.78 is 0. The highest BCUT2D eigenvalue weighted by atomic mass is 32.1. The monoisotopic (exact) mass is 266 g/mol. The molecule has 1 aliphatic rings. The van der Waals surface area contributed by atoms with Gasteiger partial charge in [-0.2, -0.15) is 0 Å². The van der Waals surface area contributed by atoms with Crippen LogP contribution < -0.4 is 5.32 Å². The zero-order chi connectivity index (χ0) is 13.1. The molecule has 18 heavy (non-hydrogen) atoms. The van der Waals surface area contributed by atoms with Gasteiger partial charge in [0.25, 0.3) is 0 Å². The van der Waals surface area contributed by atoms with Crippen LogP contribution in [-0.4, -0.2) is 36.3 Å². The Kier molecular flexibility index (Phi) is 4.01. The molecule has 98 valence electrons. The average molecular weight is 266 g/mol. The number of nitrogens with zero attached hydrogens (tertiary/aromatic N) is 1. The van der Waals surface area contributed by atoms with Gasteiger partial charge in [-0.15, -0.1) is 11.3 Å². The first-order valence-electron chi connectivity index (χ1n) is 6.13. The van der Waals surface area contributed by atoms with Crippen LogP contribution in [0.1, 0.15) is 18.2 Å². The van der Waals surface area contributed by atoms with Gasteiger partial charge in [0.1, 0.15) is 0 Å². The molecule has 1 N–H and O–H groups in total. The van der Waals surface area contributed by atoms with Gasteiger partial charge in [-0.05, 0) is 18.4 Å². The molecule has 0 aromatic carbocycles. The third-order valence-corrected chi connectivity index (χ3v) is 4.31. The van der Waals surface area contributed by atoms with Crippen LogP contribution in [0, 0.1) is 5.92 Å². The second-order valence-corrected chi connectivity index (χ2v) is 5.82. The Bertz CT molecular complexity index is 430. The molecule has 0 aliphatic carbocycles. The van der Waals surface area contributed by atoms with Gasteiger partial charge in [0, 0.05) is 37.4 Å². The second-order valence-electron chi connectivity index (χ2n) is 4.79. The topological polar surface area (TPSA) is 49.4 Å². The third kappa shape index (κ3) is 2.90. The lowest BCUT2D eigenvalue weighted by Crippen LogP contribution is -2.40. The fourth-order valence-electron chi connectivity index (χ4n) is 2.14. The maximum atomic E-state index is 12.2. The lowest BCUT2D eigenvalue weighted by molar-refractivity contribution is -0.136. The van der Waals surface area contributed by atoms with Crippen molar-refractivity contribution in [2.75, 3.05) is 13.6 Å². The van der Waals surface area contributed by atoms with E-state index in [-0.39, 0.29) is 23.8 Å². The molecule has 0 spiro atoms. The summed E-state index contributed by atoms with van der Waals surface area (Å²) in [5.41, 5.74) is 0. The molecular formula is C13H18N2O2S. The Balaban J connectivity index is 1.91. The van der Waals surface area contributed by atoms with Crippen LogP contribution in [0.4, 0.5) is 0 Å². The summed E-state index contributed by atoms with van der Waals surface area (Å²) in [5, 5.41) is 4.75. The highest BCUT2D eigenvalue weighted by Gasteiger charge is 2.31. The van der Waals surface area contributed by atoms with Gasteiger partial charge >= 0.3 is 0 Å². The van der Waals surface area contributed by atoms with Crippen molar-refractivity contribution in [2.24, 2.45) is 5.92 Å². The Morgan fingerprint density at radius 3 is 3.00 bits per heavy atom. The van der Waals surface area contributed by atoms with Crippen molar-refractivity contribution < 1.29 is 9.59 Å². The van der Waals surface area contributed by atoms with E-state index >= 15 is 0 Å². The molecule has 1 aromatic heterocycles. The van der Waals surface area contributed by atoms with Gasteiger partial charge in [0.15, 0.2) is 0 Å². The molecule has 5 heteroatoms. The van der Waals surface area contributed by atoms with Gasteiger partial charge in [-0.25, -0.2) is 0 Å². The third-order valence-electron chi connectivity index (χ3n) is 3.41. The van der Waals surface area contributed by atoms with Crippen LogP contribution in [0.5, 0.6) is 0 Å². The predicted octanol–water partition coefficient (Wildman–Crippen LogP) is 1.27. The maximum absolute atomic E-state index is 12.2. The molecule has 4 nitrogen and oxygen atoms in total. The molecule has 2 amide bonds. The van der Waals surface area contributed by atoms with E-state index in [0.717, 1.165) is 6.42 Å². The molecule has 1 aliphatic heterocycles. The fraction of sp³-hybridized carbons (Fsp3) is 0.538. The molecule has 0 radical (unpaired) electrons. The molecular weight excluding hydrogens is 248 g/mol. The van der Waals surface area contributed by atoms with Crippen LogP contribution in [0.2, 0.25) is 0 Å². The maximum Gasteiger partial charge on any atom is 0.227 e. The molecule has 2 atom stereocenters. The first kappa shape index (κ1) is 13.1. The van der Waals surface area contributed by atoms with Crippen molar-refractivity contribution >= 4 is 23.2 Å². The molecule has 2 heterocycles. The molecule has 0 saturated carbocycles. The quantitative estimate of drug-likeness (QED) is 0.892. The summed E-state index contributed by atoms with van der Waals surface area (Å²) in [7, 11) is 1.82. The van der Waals surface area contributed by atoms with E-state index in [2.05, 4.69) is 11.4 Å². The molecule has 2 unspecified atom stereocenters. The SMILES string of the molecule is CC(Cc1cccs1)N(C)C(=O)C1CNC(=O)C1. The van der Waals surface area contributed by atoms with Crippen molar-refractivity contribution in [3.63, 3.8) is 0 Å². The minimum atomic E-state index is -0.187. The summed E-state index contributed by atoms with van der Waals surface area (Å²) in [6.45, 7) is 2.52. The van der Waals surface area contributed by atoms with E-state index in [0.29, 0.717) is 13.0 Å². The number of nitrogens with one attached hydrogen (secondary N) is 1. The van der Waals surface area contributed by atoms with Gasteiger partial charge in [-0.1, -0.05) is 6.07 Å². The normalized spacial score (nSPS) is 20.6. The van der Waals surface area contributed by atoms with E-state index < -0.39 is 0 Å². The fourth-order valence-corrected chi connectivity index (χ4v) is 2.97. The molecule has 1 fully saturated rings. The van der Waals surface area contributed by atoms with Crippen LogP contribution in [0.25, 0.3) is 0 Å². The summed E-state index contributed by atoms with van der Waals surface area (Å²) in [6.07, 6.45) is 1.20. The standard InChI is InChI=1S/C13H18N2O2S/c1-9(6-11-4-3-5-18-11)15(2)13(17)10-7-12(16)14-8-10/h3-5,9-10H,6-8H2,1-2H3,(H,14,16). The first-order valence-corrected chi connectivity index (χ1v) is 7.01. The molecule has 0 bridgehead atoms. The number of hydrogen-bond acceptors (Lipinski definition) is 3. The van der Waals surface area contributed by atoms with Crippen LogP contribution in [-0.2, 0) is 16.0 Å². The lowest BCUT2D eigenvalue weighted by atomic mass is 10.1. The van der Waals surface area contributed by atoms with E-state index in [4.69, 9.17) is 0 Å². The van der Waals surface area contributed by atoms with E-state index in [9.17, 15) is 9.59 Å². The van der Waals surface area contributed by atoms with Crippen molar-refractivity contribution in [2.45, 2.75) is 25.8 Å². The van der Waals surface area contributed by atoms with Crippen LogP contribution in [0.15, 0.2) is 17.5 Å². The Labute approximate surface area is 111 Å². The summed E-state index contributed by atoms with van der Waals surface area (Å²) >= 11 is 1.71. The minimum Gasteiger partial charge on any atom is -0.355 e. The van der Waals surface area contributed by atoms with E-state index in [1.165, 1.54) is 4.88 Å². The van der Waals surface area contributed by atoms with Gasteiger partial charge in [-0.3, -0.25) is 9.59 Å². The molecule has 1 aromatic rings. The Hall–Kier alpha value is -1.36. The number of likely N-dealkylation sites (N-methyl/N-ethyl adjacent to an activating group) is 1. The summed E-state index contributed by atoms with van der Waals surface area (Å²) in [6, 6.07) is 4.26. The van der Waals surface area contributed by atoms with E-state index in [1.54, 1.807) is 16.2 Å². The number of carbonyl (C=O) groups is 2. The largest absolute Gasteiger partial charge is 0.355 e. The zero-order valence-corrected chi connectivity index (χ0v) is 11.5. The van der Waals surface area contributed by atoms with Gasteiger partial charge < -0.3 is 10.2 Å². The zero-order valence-electron chi connectivity index (χ0n) is 10.7. The number of amides is 2. The van der Waals surface area contributed by atoms with Crippen molar-refractivity contribution in [3.8, 4) is 0 Å². The number of thiophene rings is 1. The van der Waals surface area contributed by atoms with Gasteiger partial charge in [0.2, 0.25) is 11.8 Å². The second kappa shape index (κ2) is 5.52.